The van der Waals surface area contributed by atoms with Crippen LogP contribution < -0.4 is 5.73 Å². The lowest BCUT2D eigenvalue weighted by Crippen LogP contribution is -2.17. The SMILES string of the molecule is Nc1c(C2CCCOC2)nc(C2CCCC2)n1C1CC1. The molecular formula is C16H25N3O. The highest BCUT2D eigenvalue weighted by Gasteiger charge is 2.35. The van der Waals surface area contributed by atoms with Crippen molar-refractivity contribution in [1.29, 1.82) is 0 Å². The van der Waals surface area contributed by atoms with Crippen molar-refractivity contribution in [1.82, 2.24) is 9.55 Å². The van der Waals surface area contributed by atoms with Crippen LogP contribution in [0, 0.1) is 0 Å². The summed E-state index contributed by atoms with van der Waals surface area (Å²) in [6, 6.07) is 0.636. The molecule has 1 unspecified atom stereocenters. The molecule has 2 saturated carbocycles. The number of nitrogens with zero attached hydrogens (tertiary/aromatic N) is 2. The summed E-state index contributed by atoms with van der Waals surface area (Å²) in [4.78, 5) is 5.03. The van der Waals surface area contributed by atoms with Crippen LogP contribution in [0.2, 0.25) is 0 Å². The standard InChI is InChI=1S/C16H25N3O/c17-15-14(12-6-3-9-20-10-12)18-16(11-4-1-2-5-11)19(15)13-7-8-13/h11-13H,1-10,17H2. The zero-order chi connectivity index (χ0) is 13.5. The van der Waals surface area contributed by atoms with Crippen molar-refractivity contribution in [2.24, 2.45) is 0 Å². The van der Waals surface area contributed by atoms with Crippen LogP contribution in [-0.4, -0.2) is 22.8 Å². The Bertz CT molecular complexity index is 480. The molecule has 1 atom stereocenters. The van der Waals surface area contributed by atoms with Gasteiger partial charge in [-0.05, 0) is 38.5 Å². The van der Waals surface area contributed by atoms with Gasteiger partial charge in [0, 0.05) is 24.5 Å². The predicted octanol–water partition coefficient (Wildman–Crippen LogP) is 3.35. The van der Waals surface area contributed by atoms with E-state index < -0.39 is 0 Å². The van der Waals surface area contributed by atoms with E-state index >= 15 is 0 Å². The summed E-state index contributed by atoms with van der Waals surface area (Å²) in [5.74, 6) is 3.31. The molecule has 0 bridgehead atoms. The monoisotopic (exact) mass is 275 g/mol. The number of anilines is 1. The Morgan fingerprint density at radius 3 is 2.40 bits per heavy atom. The highest BCUT2D eigenvalue weighted by molar-refractivity contribution is 5.43. The second-order valence-electron chi connectivity index (χ2n) is 6.74. The molecule has 0 amide bonds. The number of hydrogen-bond acceptors (Lipinski definition) is 3. The van der Waals surface area contributed by atoms with Gasteiger partial charge in [-0.2, -0.15) is 0 Å². The molecule has 2 heterocycles. The lowest BCUT2D eigenvalue weighted by atomic mass is 9.98. The van der Waals surface area contributed by atoms with E-state index in [2.05, 4.69) is 4.57 Å². The van der Waals surface area contributed by atoms with Gasteiger partial charge in [0.15, 0.2) is 0 Å². The molecule has 1 aromatic heterocycles. The van der Waals surface area contributed by atoms with Crippen molar-refractivity contribution in [3.8, 4) is 0 Å². The average molecular weight is 275 g/mol. The van der Waals surface area contributed by atoms with E-state index in [-0.39, 0.29) is 0 Å². The molecule has 4 rings (SSSR count). The van der Waals surface area contributed by atoms with Crippen LogP contribution in [0.1, 0.15) is 80.8 Å². The van der Waals surface area contributed by atoms with Crippen LogP contribution in [0.4, 0.5) is 5.82 Å². The highest BCUT2D eigenvalue weighted by Crippen LogP contribution is 2.45. The summed E-state index contributed by atoms with van der Waals surface area (Å²) in [5, 5.41) is 0. The van der Waals surface area contributed by atoms with Gasteiger partial charge in [-0.1, -0.05) is 12.8 Å². The number of aromatic nitrogens is 2. The van der Waals surface area contributed by atoms with E-state index in [1.54, 1.807) is 0 Å². The lowest BCUT2D eigenvalue weighted by Gasteiger charge is -2.21. The fourth-order valence-corrected chi connectivity index (χ4v) is 3.93. The third-order valence-electron chi connectivity index (χ3n) is 5.18. The Balaban J connectivity index is 1.70. The molecule has 1 aromatic rings. The number of nitrogen functional groups attached to an aromatic ring is 1. The van der Waals surface area contributed by atoms with Crippen molar-refractivity contribution >= 4 is 5.82 Å². The highest BCUT2D eigenvalue weighted by atomic mass is 16.5. The van der Waals surface area contributed by atoms with E-state index in [1.807, 2.05) is 0 Å². The summed E-state index contributed by atoms with van der Waals surface area (Å²) >= 11 is 0. The third-order valence-corrected chi connectivity index (χ3v) is 5.18. The molecule has 2 N–H and O–H groups in total. The maximum Gasteiger partial charge on any atom is 0.127 e. The van der Waals surface area contributed by atoms with Gasteiger partial charge >= 0.3 is 0 Å². The largest absolute Gasteiger partial charge is 0.384 e. The van der Waals surface area contributed by atoms with E-state index in [1.165, 1.54) is 50.8 Å². The van der Waals surface area contributed by atoms with Crippen LogP contribution in [0.25, 0.3) is 0 Å². The fourth-order valence-electron chi connectivity index (χ4n) is 3.93. The molecule has 20 heavy (non-hydrogen) atoms. The molecule has 1 saturated heterocycles. The van der Waals surface area contributed by atoms with Crippen molar-refractivity contribution in [2.75, 3.05) is 18.9 Å². The maximum atomic E-state index is 6.49. The minimum absolute atomic E-state index is 0.420. The van der Waals surface area contributed by atoms with Gasteiger partial charge in [0.05, 0.1) is 12.3 Å². The Morgan fingerprint density at radius 1 is 1.00 bits per heavy atom. The van der Waals surface area contributed by atoms with Crippen LogP contribution in [0.5, 0.6) is 0 Å². The normalized spacial score (nSPS) is 28.1. The van der Waals surface area contributed by atoms with E-state index in [4.69, 9.17) is 15.5 Å². The Kier molecular flexibility index (Phi) is 3.21. The Labute approximate surface area is 120 Å². The predicted molar refractivity (Wildman–Crippen MR) is 78.9 cm³/mol. The van der Waals surface area contributed by atoms with Gasteiger partial charge in [0.25, 0.3) is 0 Å². The maximum absolute atomic E-state index is 6.49. The Morgan fingerprint density at radius 2 is 1.75 bits per heavy atom. The molecule has 2 aliphatic carbocycles. The van der Waals surface area contributed by atoms with Crippen molar-refractivity contribution in [2.45, 2.75) is 69.2 Å². The second kappa shape index (κ2) is 5.06. The van der Waals surface area contributed by atoms with Gasteiger partial charge in [-0.25, -0.2) is 4.98 Å². The first-order chi connectivity index (χ1) is 9.84. The number of nitrogens with two attached hydrogens (primary N) is 1. The quantitative estimate of drug-likeness (QED) is 0.920. The van der Waals surface area contributed by atoms with Gasteiger partial charge in [-0.3, -0.25) is 0 Å². The molecule has 0 radical (unpaired) electrons. The first-order valence-corrected chi connectivity index (χ1v) is 8.30. The molecule has 1 aliphatic heterocycles. The summed E-state index contributed by atoms with van der Waals surface area (Å²) < 4.78 is 8.03. The molecule has 3 fully saturated rings. The topological polar surface area (TPSA) is 53.1 Å². The number of ether oxygens (including phenoxy) is 1. The molecular weight excluding hydrogens is 250 g/mol. The van der Waals surface area contributed by atoms with Gasteiger partial charge < -0.3 is 15.0 Å². The number of imidazole rings is 1. The van der Waals surface area contributed by atoms with Crippen molar-refractivity contribution < 1.29 is 4.74 Å². The van der Waals surface area contributed by atoms with Gasteiger partial charge in [-0.15, -0.1) is 0 Å². The van der Waals surface area contributed by atoms with E-state index in [0.29, 0.717) is 17.9 Å². The first kappa shape index (κ1) is 12.7. The fraction of sp³-hybridized carbons (Fsp3) is 0.812. The molecule has 4 heteroatoms. The summed E-state index contributed by atoms with van der Waals surface area (Å²) in [7, 11) is 0. The van der Waals surface area contributed by atoms with Crippen LogP contribution in [-0.2, 0) is 4.74 Å². The van der Waals surface area contributed by atoms with Crippen molar-refractivity contribution in [3.05, 3.63) is 11.5 Å². The summed E-state index contributed by atoms with van der Waals surface area (Å²) in [6.07, 6.45) is 10.2. The van der Waals surface area contributed by atoms with Gasteiger partial charge in [0.2, 0.25) is 0 Å². The first-order valence-electron chi connectivity index (χ1n) is 8.30. The summed E-state index contributed by atoms with van der Waals surface area (Å²) in [5.41, 5.74) is 7.63. The number of rotatable bonds is 3. The zero-order valence-corrected chi connectivity index (χ0v) is 12.2. The smallest absolute Gasteiger partial charge is 0.127 e. The van der Waals surface area contributed by atoms with Crippen LogP contribution in [0.3, 0.4) is 0 Å². The minimum atomic E-state index is 0.420. The second-order valence-corrected chi connectivity index (χ2v) is 6.74. The average Bonchev–Trinajstić information content (AvgIpc) is 3.04. The lowest BCUT2D eigenvalue weighted by molar-refractivity contribution is 0.0795. The number of hydrogen-bond donors (Lipinski definition) is 1. The van der Waals surface area contributed by atoms with Crippen LogP contribution >= 0.6 is 0 Å². The molecule has 0 aromatic carbocycles. The van der Waals surface area contributed by atoms with E-state index in [0.717, 1.165) is 31.1 Å². The van der Waals surface area contributed by atoms with E-state index in [9.17, 15) is 0 Å². The minimum Gasteiger partial charge on any atom is -0.384 e. The molecule has 0 spiro atoms. The van der Waals surface area contributed by atoms with Gasteiger partial charge in [0.1, 0.15) is 11.6 Å². The Hall–Kier alpha value is -1.03. The zero-order valence-electron chi connectivity index (χ0n) is 12.2. The van der Waals surface area contributed by atoms with Crippen molar-refractivity contribution in [3.63, 3.8) is 0 Å². The molecule has 3 aliphatic rings. The molecule has 110 valence electrons. The molecule has 4 nitrogen and oxygen atoms in total. The third kappa shape index (κ3) is 2.14. The van der Waals surface area contributed by atoms with Crippen LogP contribution in [0.15, 0.2) is 0 Å². The summed E-state index contributed by atoms with van der Waals surface area (Å²) in [6.45, 7) is 1.70.